The molecule has 0 saturated heterocycles. The first-order valence-electron chi connectivity index (χ1n) is 7.08. The van der Waals surface area contributed by atoms with Crippen molar-refractivity contribution in [3.8, 4) is 17.0 Å². The van der Waals surface area contributed by atoms with Gasteiger partial charge in [0.1, 0.15) is 17.4 Å². The zero-order valence-corrected chi connectivity index (χ0v) is 11.9. The Kier molecular flexibility index (Phi) is 3.30. The highest BCUT2D eigenvalue weighted by Gasteiger charge is 2.19. The van der Waals surface area contributed by atoms with E-state index in [-0.39, 0.29) is 0 Å². The molecule has 0 radical (unpaired) electrons. The number of ether oxygens (including phenoxy) is 1. The van der Waals surface area contributed by atoms with E-state index in [2.05, 4.69) is 28.2 Å². The first-order valence-corrected chi connectivity index (χ1v) is 7.08. The van der Waals surface area contributed by atoms with Crippen LogP contribution in [0.1, 0.15) is 30.3 Å². The maximum Gasteiger partial charge on any atom is 0.131 e. The van der Waals surface area contributed by atoms with E-state index in [1.165, 1.54) is 5.56 Å². The van der Waals surface area contributed by atoms with E-state index in [0.29, 0.717) is 5.82 Å². The molecule has 3 rings (SSSR count). The molecule has 1 aliphatic heterocycles. The Hall–Kier alpha value is -2.10. The number of anilines is 1. The Morgan fingerprint density at radius 1 is 1.30 bits per heavy atom. The predicted molar refractivity (Wildman–Crippen MR) is 79.8 cm³/mol. The quantitative estimate of drug-likeness (QED) is 0.910. The number of nitrogens with zero attached hydrogens (tertiary/aromatic N) is 2. The van der Waals surface area contributed by atoms with Crippen LogP contribution in [-0.4, -0.2) is 16.6 Å². The lowest BCUT2D eigenvalue weighted by atomic mass is 9.98. The fraction of sp³-hybridized carbons (Fsp3) is 0.375. The van der Waals surface area contributed by atoms with Crippen molar-refractivity contribution in [3.63, 3.8) is 0 Å². The molecule has 0 saturated carbocycles. The van der Waals surface area contributed by atoms with E-state index in [9.17, 15) is 0 Å². The van der Waals surface area contributed by atoms with E-state index in [4.69, 9.17) is 10.5 Å². The lowest BCUT2D eigenvalue weighted by Crippen LogP contribution is -2.11. The second-order valence-corrected chi connectivity index (χ2v) is 5.10. The molecule has 20 heavy (non-hydrogen) atoms. The van der Waals surface area contributed by atoms with Gasteiger partial charge in [0.05, 0.1) is 12.3 Å². The summed E-state index contributed by atoms with van der Waals surface area (Å²) in [5.74, 6) is 2.29. The van der Waals surface area contributed by atoms with Crippen LogP contribution in [0, 0.1) is 6.92 Å². The number of hydrogen-bond acceptors (Lipinski definition) is 4. The first kappa shape index (κ1) is 12.9. The summed E-state index contributed by atoms with van der Waals surface area (Å²) >= 11 is 0. The standard InChI is InChI=1S/C16H19N3O/c1-3-13-18-14(10(2)16(17)19-13)12-8-4-6-11-7-5-9-20-15(11)12/h4,6,8H,3,5,7,9H2,1-2H3,(H2,17,18,19). The highest BCUT2D eigenvalue weighted by Crippen LogP contribution is 2.37. The minimum Gasteiger partial charge on any atom is -0.493 e. The summed E-state index contributed by atoms with van der Waals surface area (Å²) in [5, 5.41) is 0. The predicted octanol–water partition coefficient (Wildman–Crippen LogP) is 2.92. The summed E-state index contributed by atoms with van der Waals surface area (Å²) in [4.78, 5) is 8.97. The molecule has 104 valence electrons. The van der Waals surface area contributed by atoms with Crippen molar-refractivity contribution in [2.75, 3.05) is 12.3 Å². The van der Waals surface area contributed by atoms with Gasteiger partial charge in [-0.1, -0.05) is 19.1 Å². The van der Waals surface area contributed by atoms with Gasteiger partial charge in [0.25, 0.3) is 0 Å². The van der Waals surface area contributed by atoms with Crippen LogP contribution in [-0.2, 0) is 12.8 Å². The van der Waals surface area contributed by atoms with E-state index in [0.717, 1.165) is 54.3 Å². The Balaban J connectivity index is 2.21. The monoisotopic (exact) mass is 269 g/mol. The van der Waals surface area contributed by atoms with E-state index in [1.807, 2.05) is 13.8 Å². The molecule has 0 spiro atoms. The Labute approximate surface area is 119 Å². The largest absolute Gasteiger partial charge is 0.493 e. The smallest absolute Gasteiger partial charge is 0.131 e. The number of hydrogen-bond donors (Lipinski definition) is 1. The lowest BCUT2D eigenvalue weighted by Gasteiger charge is -2.21. The molecule has 2 heterocycles. The molecule has 1 aromatic heterocycles. The highest BCUT2D eigenvalue weighted by atomic mass is 16.5. The minimum atomic E-state index is 0.556. The first-order chi connectivity index (χ1) is 9.70. The average molecular weight is 269 g/mol. The van der Waals surface area contributed by atoms with E-state index < -0.39 is 0 Å². The summed E-state index contributed by atoms with van der Waals surface area (Å²) in [6, 6.07) is 6.24. The minimum absolute atomic E-state index is 0.556. The molecule has 0 aliphatic carbocycles. The van der Waals surface area contributed by atoms with Gasteiger partial charge < -0.3 is 10.5 Å². The SMILES string of the molecule is CCc1nc(N)c(C)c(-c2cccc3c2OCCC3)n1. The highest BCUT2D eigenvalue weighted by molar-refractivity contribution is 5.74. The number of nitrogen functional groups attached to an aromatic ring is 1. The molecule has 0 fully saturated rings. The van der Waals surface area contributed by atoms with Crippen LogP contribution in [0.25, 0.3) is 11.3 Å². The van der Waals surface area contributed by atoms with Gasteiger partial charge in [-0.25, -0.2) is 9.97 Å². The van der Waals surface area contributed by atoms with Gasteiger partial charge >= 0.3 is 0 Å². The molecule has 1 aliphatic rings. The molecular weight excluding hydrogens is 250 g/mol. The average Bonchev–Trinajstić information content (AvgIpc) is 2.49. The number of rotatable bonds is 2. The summed E-state index contributed by atoms with van der Waals surface area (Å²) < 4.78 is 5.88. The topological polar surface area (TPSA) is 61.0 Å². The van der Waals surface area contributed by atoms with Crippen LogP contribution in [0.2, 0.25) is 0 Å². The molecule has 0 unspecified atom stereocenters. The number of para-hydroxylation sites is 1. The lowest BCUT2D eigenvalue weighted by molar-refractivity contribution is 0.289. The van der Waals surface area contributed by atoms with Crippen LogP contribution in [0.4, 0.5) is 5.82 Å². The van der Waals surface area contributed by atoms with Crippen molar-refractivity contribution in [1.82, 2.24) is 9.97 Å². The number of nitrogens with two attached hydrogens (primary N) is 1. The zero-order chi connectivity index (χ0) is 14.1. The molecule has 0 amide bonds. The third-order valence-corrected chi connectivity index (χ3v) is 3.73. The van der Waals surface area contributed by atoms with Gasteiger partial charge in [-0.05, 0) is 31.4 Å². The number of benzene rings is 1. The van der Waals surface area contributed by atoms with Crippen LogP contribution >= 0.6 is 0 Å². The molecule has 4 heteroatoms. The summed E-state index contributed by atoms with van der Waals surface area (Å²) in [6.07, 6.45) is 2.90. The fourth-order valence-electron chi connectivity index (χ4n) is 2.58. The molecule has 1 aromatic carbocycles. The van der Waals surface area contributed by atoms with Crippen molar-refractivity contribution in [2.45, 2.75) is 33.1 Å². The molecule has 4 nitrogen and oxygen atoms in total. The summed E-state index contributed by atoms with van der Waals surface area (Å²) in [7, 11) is 0. The second-order valence-electron chi connectivity index (χ2n) is 5.10. The molecular formula is C16H19N3O. The second kappa shape index (κ2) is 5.12. The van der Waals surface area contributed by atoms with Crippen molar-refractivity contribution in [2.24, 2.45) is 0 Å². The Bertz CT molecular complexity index is 652. The third-order valence-electron chi connectivity index (χ3n) is 3.73. The molecule has 0 atom stereocenters. The van der Waals surface area contributed by atoms with Gasteiger partial charge in [0.2, 0.25) is 0 Å². The van der Waals surface area contributed by atoms with Gasteiger partial charge in [-0.2, -0.15) is 0 Å². The molecule has 2 N–H and O–H groups in total. The fourth-order valence-corrected chi connectivity index (χ4v) is 2.58. The van der Waals surface area contributed by atoms with Crippen LogP contribution in [0.5, 0.6) is 5.75 Å². The van der Waals surface area contributed by atoms with E-state index in [1.54, 1.807) is 0 Å². The Morgan fingerprint density at radius 3 is 2.95 bits per heavy atom. The van der Waals surface area contributed by atoms with Gasteiger partial charge in [0, 0.05) is 17.5 Å². The van der Waals surface area contributed by atoms with Crippen molar-refractivity contribution in [3.05, 3.63) is 35.2 Å². The normalized spacial score (nSPS) is 13.7. The van der Waals surface area contributed by atoms with Crippen LogP contribution < -0.4 is 10.5 Å². The maximum absolute atomic E-state index is 6.02. The van der Waals surface area contributed by atoms with E-state index >= 15 is 0 Å². The van der Waals surface area contributed by atoms with Crippen LogP contribution in [0.15, 0.2) is 18.2 Å². The maximum atomic E-state index is 6.02. The molecule has 0 bridgehead atoms. The summed E-state index contributed by atoms with van der Waals surface area (Å²) in [6.45, 7) is 4.77. The zero-order valence-electron chi connectivity index (χ0n) is 11.9. The third kappa shape index (κ3) is 2.11. The van der Waals surface area contributed by atoms with Crippen molar-refractivity contribution >= 4 is 5.82 Å². The van der Waals surface area contributed by atoms with Crippen LogP contribution in [0.3, 0.4) is 0 Å². The van der Waals surface area contributed by atoms with Gasteiger partial charge in [-0.3, -0.25) is 0 Å². The van der Waals surface area contributed by atoms with Crippen molar-refractivity contribution < 1.29 is 4.74 Å². The Morgan fingerprint density at radius 2 is 2.15 bits per heavy atom. The number of aromatic nitrogens is 2. The number of aryl methyl sites for hydroxylation is 2. The number of fused-ring (bicyclic) bond motifs is 1. The summed E-state index contributed by atoms with van der Waals surface area (Å²) in [5.41, 5.74) is 10.1. The van der Waals surface area contributed by atoms with Gasteiger partial charge in [-0.15, -0.1) is 0 Å². The van der Waals surface area contributed by atoms with Crippen molar-refractivity contribution in [1.29, 1.82) is 0 Å². The van der Waals surface area contributed by atoms with Gasteiger partial charge in [0.15, 0.2) is 0 Å². The molecule has 2 aromatic rings.